The summed E-state index contributed by atoms with van der Waals surface area (Å²) in [4.78, 5) is 10.6. The minimum absolute atomic E-state index is 0. The van der Waals surface area contributed by atoms with Gasteiger partial charge >= 0.3 is 37.3 Å². The monoisotopic (exact) mass is 650 g/mol. The van der Waals surface area contributed by atoms with Crippen LogP contribution in [0.4, 0.5) is 13.2 Å². The molecule has 0 amide bonds. The van der Waals surface area contributed by atoms with Gasteiger partial charge in [-0.05, 0) is 23.6 Å². The Bertz CT molecular complexity index is 739. The summed E-state index contributed by atoms with van der Waals surface area (Å²) in [5, 5.41) is 0. The molecule has 0 heterocycles. The second-order valence-corrected chi connectivity index (χ2v) is 6.56. The first-order valence-corrected chi connectivity index (χ1v) is 8.27. The van der Waals surface area contributed by atoms with Crippen molar-refractivity contribution in [2.45, 2.75) is 25.8 Å². The van der Waals surface area contributed by atoms with Gasteiger partial charge in [0.2, 0.25) is 0 Å². The van der Waals surface area contributed by atoms with E-state index in [9.17, 15) is 18.0 Å². The molecular formula is C19H16BrF3O2U. The molecule has 1 aliphatic rings. The van der Waals surface area contributed by atoms with E-state index >= 15 is 0 Å². The molecular weight excluding hydrogens is 635 g/mol. The molecule has 1 aliphatic carbocycles. The van der Waals surface area contributed by atoms with Crippen molar-refractivity contribution in [3.8, 4) is 0 Å². The Morgan fingerprint density at radius 2 is 2.12 bits per heavy atom. The van der Waals surface area contributed by atoms with Crippen LogP contribution in [0.2, 0.25) is 0 Å². The summed E-state index contributed by atoms with van der Waals surface area (Å²) in [5.41, 5.74) is 1.03. The van der Waals surface area contributed by atoms with E-state index in [2.05, 4.69) is 28.9 Å². The largest absolute Gasteiger partial charge is 2.00 e. The molecule has 0 saturated heterocycles. The number of hydrogen-bond donors (Lipinski definition) is 0. The van der Waals surface area contributed by atoms with Gasteiger partial charge in [-0.3, -0.25) is 0 Å². The molecule has 0 bridgehead atoms. The summed E-state index contributed by atoms with van der Waals surface area (Å²) >= 11 is 3.16. The minimum Gasteiger partial charge on any atom is -0.374 e. The Morgan fingerprint density at radius 1 is 1.42 bits per heavy atom. The first kappa shape index (κ1) is 23.3. The zero-order chi connectivity index (χ0) is 18.6. The molecule has 0 N–H and O–H groups in total. The van der Waals surface area contributed by atoms with E-state index in [-0.39, 0.29) is 49.7 Å². The number of rotatable bonds is 5. The van der Waals surface area contributed by atoms with Gasteiger partial charge < -0.3 is 9.53 Å². The number of alkyl halides is 3. The molecule has 2 nitrogen and oxygen atoms in total. The van der Waals surface area contributed by atoms with Crippen molar-refractivity contribution >= 4 is 22.2 Å². The van der Waals surface area contributed by atoms with Crippen molar-refractivity contribution in [3.05, 3.63) is 76.2 Å². The molecule has 136 valence electrons. The number of ether oxygens (including phenoxy) is 1. The van der Waals surface area contributed by atoms with Gasteiger partial charge in [-0.1, -0.05) is 28.9 Å². The molecule has 2 atom stereocenters. The summed E-state index contributed by atoms with van der Waals surface area (Å²) in [6, 6.07) is 3.48. The SMILES string of the molecule is [CH2-]C(C=O)=CC1=C[C@H](C)C(OCc2ccc(C(F)(F)F)cc2Br)C=[C-]1.[U+2]. The first-order chi connectivity index (χ1) is 11.7. The van der Waals surface area contributed by atoms with Gasteiger partial charge in [0.25, 0.3) is 0 Å². The van der Waals surface area contributed by atoms with Crippen molar-refractivity contribution in [1.82, 2.24) is 0 Å². The summed E-state index contributed by atoms with van der Waals surface area (Å²) in [6.07, 6.45) is 4.33. The van der Waals surface area contributed by atoms with Crippen LogP contribution in [0.5, 0.6) is 0 Å². The Balaban J connectivity index is 0.00000338. The number of aldehydes is 1. The second-order valence-electron chi connectivity index (χ2n) is 5.71. The Morgan fingerprint density at radius 3 is 2.65 bits per heavy atom. The number of allylic oxidation sites excluding steroid dienone is 4. The third kappa shape index (κ3) is 6.45. The molecule has 0 radical (unpaired) electrons. The van der Waals surface area contributed by atoms with Gasteiger partial charge in [0.1, 0.15) is 0 Å². The normalized spacial score (nSPS) is 20.3. The van der Waals surface area contributed by atoms with Crippen LogP contribution in [-0.4, -0.2) is 12.4 Å². The summed E-state index contributed by atoms with van der Waals surface area (Å²) in [6.45, 7) is 5.70. The average Bonchev–Trinajstić information content (AvgIpc) is 2.54. The standard InChI is InChI=1S/C19H16BrF3O2.U/c1-12(10-24)7-14-3-6-18(13(2)8-14)25-11-15-4-5-16(9-17(15)20)19(21,22)23;/h4-10,13,18H,1,11H2,2H3;/q-2;+2/t13-,18?;/m0./s1. The molecule has 1 aromatic rings. The van der Waals surface area contributed by atoms with Crippen molar-refractivity contribution in [2.24, 2.45) is 5.92 Å². The van der Waals surface area contributed by atoms with Gasteiger partial charge in [-0.2, -0.15) is 49.5 Å². The molecule has 0 aliphatic heterocycles. The molecule has 0 aromatic heterocycles. The van der Waals surface area contributed by atoms with Crippen LogP contribution >= 0.6 is 15.9 Å². The van der Waals surface area contributed by atoms with Crippen LogP contribution in [0.1, 0.15) is 18.1 Å². The van der Waals surface area contributed by atoms with Crippen LogP contribution in [0.3, 0.4) is 0 Å². The molecule has 2 rings (SSSR count). The van der Waals surface area contributed by atoms with E-state index in [1.165, 1.54) is 6.07 Å². The predicted molar refractivity (Wildman–Crippen MR) is 92.3 cm³/mol. The quantitative estimate of drug-likeness (QED) is 0.247. The van der Waals surface area contributed by atoms with Crippen LogP contribution < -0.4 is 0 Å². The van der Waals surface area contributed by atoms with E-state index in [4.69, 9.17) is 4.74 Å². The number of carbonyl (C=O) groups excluding carboxylic acids is 1. The van der Waals surface area contributed by atoms with E-state index in [1.54, 1.807) is 12.2 Å². The van der Waals surface area contributed by atoms with E-state index in [0.717, 1.165) is 17.7 Å². The van der Waals surface area contributed by atoms with Crippen LogP contribution in [0, 0.1) is 50.0 Å². The van der Waals surface area contributed by atoms with Crippen LogP contribution in [-0.2, 0) is 22.3 Å². The maximum Gasteiger partial charge on any atom is 2.00 e. The second kappa shape index (κ2) is 9.98. The molecule has 7 heteroatoms. The Labute approximate surface area is 183 Å². The van der Waals surface area contributed by atoms with E-state index in [0.29, 0.717) is 21.9 Å². The van der Waals surface area contributed by atoms with Gasteiger partial charge in [0.15, 0.2) is 0 Å². The third-order valence-corrected chi connectivity index (χ3v) is 4.42. The number of benzene rings is 1. The first-order valence-electron chi connectivity index (χ1n) is 7.48. The van der Waals surface area contributed by atoms with Gasteiger partial charge in [-0.25, -0.2) is 0 Å². The Hall–Kier alpha value is -0.738. The number of carbonyl (C=O) groups is 1. The minimum atomic E-state index is -4.37. The topological polar surface area (TPSA) is 26.3 Å². The molecule has 1 aromatic carbocycles. The van der Waals surface area contributed by atoms with Crippen LogP contribution in [0.15, 0.2) is 52.0 Å². The van der Waals surface area contributed by atoms with E-state index < -0.39 is 11.7 Å². The fourth-order valence-corrected chi connectivity index (χ4v) is 2.80. The molecule has 0 fully saturated rings. The van der Waals surface area contributed by atoms with E-state index in [1.807, 2.05) is 13.0 Å². The van der Waals surface area contributed by atoms with Gasteiger partial charge in [-0.15, -0.1) is 6.08 Å². The fraction of sp³-hybridized carbons (Fsp3) is 0.263. The maximum absolute atomic E-state index is 12.7. The van der Waals surface area contributed by atoms with Crippen molar-refractivity contribution in [2.75, 3.05) is 0 Å². The smallest absolute Gasteiger partial charge is 0.374 e. The van der Waals surface area contributed by atoms with Crippen LogP contribution in [0.25, 0.3) is 0 Å². The third-order valence-electron chi connectivity index (χ3n) is 3.68. The summed E-state index contributed by atoms with van der Waals surface area (Å²) < 4.78 is 44.2. The molecule has 1 unspecified atom stereocenters. The average molecular weight is 651 g/mol. The summed E-state index contributed by atoms with van der Waals surface area (Å²) in [7, 11) is 0. The summed E-state index contributed by atoms with van der Waals surface area (Å²) in [5.74, 6) is 0.0279. The number of halogens is 4. The van der Waals surface area contributed by atoms with Crippen molar-refractivity contribution in [1.29, 1.82) is 0 Å². The van der Waals surface area contributed by atoms with Crippen molar-refractivity contribution in [3.63, 3.8) is 0 Å². The maximum atomic E-state index is 12.7. The molecule has 0 saturated carbocycles. The molecule has 0 spiro atoms. The van der Waals surface area contributed by atoms with Gasteiger partial charge in [0, 0.05) is 10.8 Å². The zero-order valence-corrected chi connectivity index (χ0v) is 19.7. The fourth-order valence-electron chi connectivity index (χ4n) is 2.31. The van der Waals surface area contributed by atoms with Crippen molar-refractivity contribution < 1.29 is 53.8 Å². The predicted octanol–water partition coefficient (Wildman–Crippen LogP) is 5.25. The zero-order valence-electron chi connectivity index (χ0n) is 13.9. The van der Waals surface area contributed by atoms with Gasteiger partial charge in [0.05, 0.1) is 18.3 Å². The molecule has 26 heavy (non-hydrogen) atoms. The number of hydrogen-bond acceptors (Lipinski definition) is 2. The Kier molecular flexibility index (Phi) is 8.95.